The van der Waals surface area contributed by atoms with E-state index in [0.717, 1.165) is 16.0 Å². The molecule has 0 amide bonds. The third-order valence-electron chi connectivity index (χ3n) is 2.72. The normalized spacial score (nSPS) is 10.1. The van der Waals surface area contributed by atoms with Crippen LogP contribution in [0.15, 0.2) is 77.6 Å². The highest BCUT2D eigenvalue weighted by atomic mass is 32.2. The fraction of sp³-hybridized carbons (Fsp3) is 0.0588. The molecule has 0 fully saturated rings. The first-order valence-electron chi connectivity index (χ1n) is 5.85. The quantitative estimate of drug-likeness (QED) is 0.524. The van der Waals surface area contributed by atoms with E-state index in [1.54, 1.807) is 11.8 Å². The molecule has 0 nitrogen and oxygen atoms in total. The molecule has 0 unspecified atom stereocenters. The third kappa shape index (κ3) is 3.14. The molecule has 2 rings (SSSR count). The van der Waals surface area contributed by atoms with Crippen molar-refractivity contribution in [3.05, 3.63) is 83.8 Å². The Labute approximate surface area is 113 Å². The van der Waals surface area contributed by atoms with Crippen LogP contribution >= 0.6 is 11.8 Å². The summed E-state index contributed by atoms with van der Waals surface area (Å²) in [5.41, 5.74) is 3.38. The second-order valence-electron chi connectivity index (χ2n) is 4.18. The number of hydrogen-bond acceptors (Lipinski definition) is 1. The Morgan fingerprint density at radius 1 is 0.889 bits per heavy atom. The zero-order chi connectivity index (χ0) is 13.0. The predicted octanol–water partition coefficient (Wildman–Crippen LogP) is 5.31. The van der Waals surface area contributed by atoms with Crippen molar-refractivity contribution in [3.63, 3.8) is 0 Å². The van der Waals surface area contributed by atoms with E-state index in [9.17, 15) is 0 Å². The van der Waals surface area contributed by atoms with Crippen molar-refractivity contribution in [2.45, 2.75) is 11.8 Å². The van der Waals surface area contributed by atoms with Gasteiger partial charge in [-0.3, -0.25) is 0 Å². The maximum atomic E-state index is 4.13. The van der Waals surface area contributed by atoms with Crippen molar-refractivity contribution >= 4 is 17.3 Å². The zero-order valence-electron chi connectivity index (χ0n) is 10.5. The van der Waals surface area contributed by atoms with Gasteiger partial charge in [0.25, 0.3) is 0 Å². The highest BCUT2D eigenvalue weighted by Gasteiger charge is 2.05. The van der Waals surface area contributed by atoms with E-state index in [-0.39, 0.29) is 0 Å². The summed E-state index contributed by atoms with van der Waals surface area (Å²) in [7, 11) is 0. The lowest BCUT2D eigenvalue weighted by Gasteiger charge is -2.09. The molecule has 90 valence electrons. The molecule has 0 aliphatic rings. The van der Waals surface area contributed by atoms with E-state index in [2.05, 4.69) is 56.5 Å². The Bertz CT molecular complexity index is 550. The summed E-state index contributed by atoms with van der Waals surface area (Å²) in [6.45, 7) is 10.3. The lowest BCUT2D eigenvalue weighted by atomic mass is 10.1. The fourth-order valence-electron chi connectivity index (χ4n) is 1.61. The van der Waals surface area contributed by atoms with Crippen LogP contribution in [-0.2, 0) is 0 Å². The largest absolute Gasteiger partial charge is 0.0901 e. The standard InChI is InChI=1S/C17H16S/c1-13-9-11-16(12-10-13)14(2)15(3)18-17-7-5-4-6-8-17/h4-12H,2-3H2,1H3. The van der Waals surface area contributed by atoms with Gasteiger partial charge in [-0.05, 0) is 30.2 Å². The molecular formula is C17H16S. The SMILES string of the molecule is C=C(Sc1ccccc1)C(=C)c1ccc(C)cc1. The Hall–Kier alpha value is -1.73. The van der Waals surface area contributed by atoms with Crippen LogP contribution in [0.25, 0.3) is 5.57 Å². The molecule has 0 saturated heterocycles. The molecule has 0 aliphatic carbocycles. The summed E-state index contributed by atoms with van der Waals surface area (Å²) < 4.78 is 0. The molecule has 1 heteroatoms. The van der Waals surface area contributed by atoms with Gasteiger partial charge in [0, 0.05) is 9.80 Å². The minimum atomic E-state index is 0.990. The van der Waals surface area contributed by atoms with Crippen molar-refractivity contribution < 1.29 is 0 Å². The summed E-state index contributed by atoms with van der Waals surface area (Å²) >= 11 is 1.66. The van der Waals surface area contributed by atoms with Crippen LogP contribution in [0.1, 0.15) is 11.1 Å². The Balaban J connectivity index is 2.10. The molecule has 0 bridgehead atoms. The Morgan fingerprint density at radius 3 is 2.11 bits per heavy atom. The van der Waals surface area contributed by atoms with Gasteiger partial charge < -0.3 is 0 Å². The molecule has 0 heterocycles. The number of thioether (sulfide) groups is 1. The smallest absolute Gasteiger partial charge is 0.0122 e. The molecule has 0 radical (unpaired) electrons. The average molecular weight is 252 g/mol. The molecule has 2 aromatic rings. The Kier molecular flexibility index (Phi) is 4.06. The van der Waals surface area contributed by atoms with Crippen molar-refractivity contribution in [2.24, 2.45) is 0 Å². The van der Waals surface area contributed by atoms with Gasteiger partial charge in [-0.2, -0.15) is 0 Å². The number of aryl methyl sites for hydroxylation is 1. The molecular weight excluding hydrogens is 236 g/mol. The first-order valence-corrected chi connectivity index (χ1v) is 6.66. The van der Waals surface area contributed by atoms with Crippen LogP contribution < -0.4 is 0 Å². The van der Waals surface area contributed by atoms with E-state index in [1.165, 1.54) is 10.5 Å². The van der Waals surface area contributed by atoms with Gasteiger partial charge in [-0.25, -0.2) is 0 Å². The first kappa shape index (κ1) is 12.7. The summed E-state index contributed by atoms with van der Waals surface area (Å²) in [5.74, 6) is 0. The monoisotopic (exact) mass is 252 g/mol. The average Bonchev–Trinajstić information content (AvgIpc) is 2.40. The molecule has 2 aromatic carbocycles. The van der Waals surface area contributed by atoms with Crippen molar-refractivity contribution in [1.82, 2.24) is 0 Å². The predicted molar refractivity (Wildman–Crippen MR) is 81.7 cm³/mol. The fourth-order valence-corrected chi connectivity index (χ4v) is 2.43. The van der Waals surface area contributed by atoms with Crippen molar-refractivity contribution in [1.29, 1.82) is 0 Å². The third-order valence-corrected chi connectivity index (χ3v) is 3.72. The minimum Gasteiger partial charge on any atom is -0.0901 e. The summed E-state index contributed by atoms with van der Waals surface area (Å²) in [6.07, 6.45) is 0. The van der Waals surface area contributed by atoms with Gasteiger partial charge in [-0.1, -0.05) is 72.9 Å². The van der Waals surface area contributed by atoms with E-state index in [0.29, 0.717) is 0 Å². The number of benzene rings is 2. The minimum absolute atomic E-state index is 0.990. The number of allylic oxidation sites excluding steroid dienone is 1. The van der Waals surface area contributed by atoms with E-state index in [4.69, 9.17) is 0 Å². The van der Waals surface area contributed by atoms with E-state index in [1.807, 2.05) is 18.2 Å². The second-order valence-corrected chi connectivity index (χ2v) is 5.35. The maximum Gasteiger partial charge on any atom is 0.0122 e. The lowest BCUT2D eigenvalue weighted by Crippen LogP contribution is -1.84. The van der Waals surface area contributed by atoms with Gasteiger partial charge in [0.2, 0.25) is 0 Å². The topological polar surface area (TPSA) is 0 Å². The van der Waals surface area contributed by atoms with Gasteiger partial charge in [0.15, 0.2) is 0 Å². The van der Waals surface area contributed by atoms with Gasteiger partial charge in [0.05, 0.1) is 0 Å². The van der Waals surface area contributed by atoms with Crippen LogP contribution in [0.4, 0.5) is 0 Å². The van der Waals surface area contributed by atoms with Gasteiger partial charge in [-0.15, -0.1) is 0 Å². The van der Waals surface area contributed by atoms with E-state index >= 15 is 0 Å². The molecule has 0 spiro atoms. The highest BCUT2D eigenvalue weighted by molar-refractivity contribution is 8.03. The van der Waals surface area contributed by atoms with Gasteiger partial charge in [0.1, 0.15) is 0 Å². The number of hydrogen-bond donors (Lipinski definition) is 0. The molecule has 18 heavy (non-hydrogen) atoms. The molecule has 0 N–H and O–H groups in total. The lowest BCUT2D eigenvalue weighted by molar-refractivity contribution is 1.45. The highest BCUT2D eigenvalue weighted by Crippen LogP contribution is 2.34. The maximum absolute atomic E-state index is 4.13. The van der Waals surface area contributed by atoms with Crippen LogP contribution in [0.3, 0.4) is 0 Å². The second kappa shape index (κ2) is 5.74. The molecule has 0 atom stereocenters. The summed E-state index contributed by atoms with van der Waals surface area (Å²) in [5, 5.41) is 0. The summed E-state index contributed by atoms with van der Waals surface area (Å²) in [4.78, 5) is 2.18. The molecule has 0 saturated carbocycles. The van der Waals surface area contributed by atoms with Crippen molar-refractivity contribution in [2.75, 3.05) is 0 Å². The van der Waals surface area contributed by atoms with Gasteiger partial charge >= 0.3 is 0 Å². The van der Waals surface area contributed by atoms with Crippen LogP contribution in [0.2, 0.25) is 0 Å². The molecule has 0 aliphatic heterocycles. The van der Waals surface area contributed by atoms with Crippen LogP contribution in [0.5, 0.6) is 0 Å². The van der Waals surface area contributed by atoms with Crippen molar-refractivity contribution in [3.8, 4) is 0 Å². The molecule has 0 aromatic heterocycles. The number of rotatable bonds is 4. The van der Waals surface area contributed by atoms with Crippen LogP contribution in [-0.4, -0.2) is 0 Å². The van der Waals surface area contributed by atoms with Crippen LogP contribution in [0, 0.1) is 6.92 Å². The first-order chi connectivity index (χ1) is 8.66. The summed E-state index contributed by atoms with van der Waals surface area (Å²) in [6, 6.07) is 18.6. The van der Waals surface area contributed by atoms with E-state index < -0.39 is 0 Å². The Morgan fingerprint density at radius 2 is 1.50 bits per heavy atom. The zero-order valence-corrected chi connectivity index (χ0v) is 11.3.